The Bertz CT molecular complexity index is 282. The van der Waals surface area contributed by atoms with E-state index in [0.717, 1.165) is 12.1 Å². The highest BCUT2D eigenvalue weighted by Gasteiger charge is 2.05. The van der Waals surface area contributed by atoms with Crippen molar-refractivity contribution < 1.29 is 4.79 Å². The van der Waals surface area contributed by atoms with E-state index in [-0.39, 0.29) is 5.78 Å². The van der Waals surface area contributed by atoms with Gasteiger partial charge in [0.2, 0.25) is 0 Å². The summed E-state index contributed by atoms with van der Waals surface area (Å²) >= 11 is 0. The Morgan fingerprint density at radius 1 is 1.29 bits per heavy atom. The van der Waals surface area contributed by atoms with Gasteiger partial charge < -0.3 is 0 Å². The predicted molar refractivity (Wildman–Crippen MR) is 58.3 cm³/mol. The summed E-state index contributed by atoms with van der Waals surface area (Å²) in [6, 6.07) is 9.87. The van der Waals surface area contributed by atoms with Crippen molar-refractivity contribution >= 4 is 5.78 Å². The molecule has 2 heteroatoms. The molecule has 0 aromatic heterocycles. The van der Waals surface area contributed by atoms with Gasteiger partial charge in [-0.05, 0) is 19.2 Å². The van der Waals surface area contributed by atoms with Crippen molar-refractivity contribution in [2.45, 2.75) is 13.3 Å². The molecule has 14 heavy (non-hydrogen) atoms. The molecule has 0 radical (unpaired) electrons. The van der Waals surface area contributed by atoms with Gasteiger partial charge in [0.25, 0.3) is 0 Å². The van der Waals surface area contributed by atoms with Crippen molar-refractivity contribution in [1.29, 1.82) is 0 Å². The van der Waals surface area contributed by atoms with Crippen LogP contribution in [0.15, 0.2) is 30.3 Å². The number of ketones is 1. The van der Waals surface area contributed by atoms with Crippen molar-refractivity contribution in [3.05, 3.63) is 35.9 Å². The van der Waals surface area contributed by atoms with Crippen molar-refractivity contribution in [1.82, 2.24) is 4.90 Å². The van der Waals surface area contributed by atoms with Gasteiger partial charge in [0.1, 0.15) is 0 Å². The van der Waals surface area contributed by atoms with Crippen LogP contribution >= 0.6 is 0 Å². The lowest BCUT2D eigenvalue weighted by Gasteiger charge is -2.12. The molecule has 76 valence electrons. The quantitative estimate of drug-likeness (QED) is 0.706. The molecule has 0 saturated carbocycles. The third-order valence-corrected chi connectivity index (χ3v) is 2.23. The van der Waals surface area contributed by atoms with Gasteiger partial charge in [-0.1, -0.05) is 37.3 Å². The van der Waals surface area contributed by atoms with Crippen molar-refractivity contribution in [3.63, 3.8) is 0 Å². The summed E-state index contributed by atoms with van der Waals surface area (Å²) in [6.07, 6.45) is 0.547. The molecule has 0 atom stereocenters. The second kappa shape index (κ2) is 5.55. The molecule has 1 aromatic rings. The first-order valence-electron chi connectivity index (χ1n) is 4.96. The molecule has 0 aliphatic carbocycles. The third kappa shape index (κ3) is 3.71. The molecule has 0 unspecified atom stereocenters. The molecule has 0 fully saturated rings. The van der Waals surface area contributed by atoms with Crippen LogP contribution in [0.2, 0.25) is 0 Å². The van der Waals surface area contributed by atoms with Crippen LogP contribution < -0.4 is 0 Å². The zero-order chi connectivity index (χ0) is 10.4. The summed E-state index contributed by atoms with van der Waals surface area (Å²) in [4.78, 5) is 13.6. The summed E-state index contributed by atoms with van der Waals surface area (Å²) in [5.41, 5.74) is 1.10. The number of carbonyl (C=O) groups is 1. The van der Waals surface area contributed by atoms with Crippen LogP contribution in [-0.2, 0) is 11.2 Å². The number of benzene rings is 1. The Morgan fingerprint density at radius 3 is 2.50 bits per heavy atom. The monoisotopic (exact) mass is 191 g/mol. The van der Waals surface area contributed by atoms with E-state index in [2.05, 4.69) is 6.92 Å². The number of likely N-dealkylation sites (N-methyl/N-ethyl adjacent to an activating group) is 1. The van der Waals surface area contributed by atoms with E-state index >= 15 is 0 Å². The van der Waals surface area contributed by atoms with Gasteiger partial charge >= 0.3 is 0 Å². The molecule has 0 saturated heterocycles. The van der Waals surface area contributed by atoms with E-state index in [9.17, 15) is 4.79 Å². The summed E-state index contributed by atoms with van der Waals surface area (Å²) in [5, 5.41) is 0. The van der Waals surface area contributed by atoms with Crippen LogP contribution in [0, 0.1) is 0 Å². The fourth-order valence-corrected chi connectivity index (χ4v) is 1.29. The molecule has 0 heterocycles. The maximum atomic E-state index is 11.5. The molecule has 1 rings (SSSR count). The first-order chi connectivity index (χ1) is 6.72. The van der Waals surface area contributed by atoms with Gasteiger partial charge in [-0.3, -0.25) is 9.69 Å². The normalized spacial score (nSPS) is 10.5. The highest BCUT2D eigenvalue weighted by molar-refractivity contribution is 5.82. The number of hydrogen-bond acceptors (Lipinski definition) is 2. The average molecular weight is 191 g/mol. The SMILES string of the molecule is CCN(C)CC(=O)Cc1ccccc1. The summed E-state index contributed by atoms with van der Waals surface area (Å²) in [6.45, 7) is 3.52. The van der Waals surface area contributed by atoms with Crippen LogP contribution in [0.5, 0.6) is 0 Å². The summed E-state index contributed by atoms with van der Waals surface area (Å²) in [5.74, 6) is 0.278. The lowest BCUT2D eigenvalue weighted by Crippen LogP contribution is -2.26. The van der Waals surface area contributed by atoms with Gasteiger partial charge in [-0.25, -0.2) is 0 Å². The van der Waals surface area contributed by atoms with E-state index in [1.807, 2.05) is 42.3 Å². The Labute approximate surface area is 85.5 Å². The third-order valence-electron chi connectivity index (χ3n) is 2.23. The van der Waals surface area contributed by atoms with E-state index in [1.165, 1.54) is 0 Å². The zero-order valence-corrected chi connectivity index (χ0v) is 8.86. The van der Waals surface area contributed by atoms with Gasteiger partial charge in [-0.15, -0.1) is 0 Å². The van der Waals surface area contributed by atoms with Crippen molar-refractivity contribution in [3.8, 4) is 0 Å². The second-order valence-electron chi connectivity index (χ2n) is 3.53. The van der Waals surface area contributed by atoms with Gasteiger partial charge in [-0.2, -0.15) is 0 Å². The predicted octanol–water partition coefficient (Wildman–Crippen LogP) is 1.75. The minimum atomic E-state index is 0.278. The molecule has 0 N–H and O–H groups in total. The topological polar surface area (TPSA) is 20.3 Å². The fourth-order valence-electron chi connectivity index (χ4n) is 1.29. The minimum absolute atomic E-state index is 0.278. The van der Waals surface area contributed by atoms with Crippen LogP contribution in [-0.4, -0.2) is 30.8 Å². The minimum Gasteiger partial charge on any atom is -0.299 e. The number of hydrogen-bond donors (Lipinski definition) is 0. The molecule has 0 aliphatic heterocycles. The number of carbonyl (C=O) groups excluding carboxylic acids is 1. The first-order valence-corrected chi connectivity index (χ1v) is 4.96. The maximum absolute atomic E-state index is 11.5. The van der Waals surface area contributed by atoms with E-state index < -0.39 is 0 Å². The molecule has 0 aliphatic rings. The Kier molecular flexibility index (Phi) is 4.33. The molecular weight excluding hydrogens is 174 g/mol. The molecule has 1 aromatic carbocycles. The Hall–Kier alpha value is -1.15. The van der Waals surface area contributed by atoms with Gasteiger partial charge in [0.05, 0.1) is 6.54 Å². The highest BCUT2D eigenvalue weighted by Crippen LogP contribution is 2.00. The number of rotatable bonds is 5. The van der Waals surface area contributed by atoms with E-state index in [1.54, 1.807) is 0 Å². The lowest BCUT2D eigenvalue weighted by atomic mass is 10.1. The molecule has 0 spiro atoms. The first kappa shape index (κ1) is 10.9. The van der Waals surface area contributed by atoms with Crippen LogP contribution in [0.3, 0.4) is 0 Å². The summed E-state index contributed by atoms with van der Waals surface area (Å²) in [7, 11) is 1.96. The van der Waals surface area contributed by atoms with Crippen LogP contribution in [0.4, 0.5) is 0 Å². The maximum Gasteiger partial charge on any atom is 0.151 e. The summed E-state index contributed by atoms with van der Waals surface area (Å²) < 4.78 is 0. The standard InChI is InChI=1S/C12H17NO/c1-3-13(2)10-12(14)9-11-7-5-4-6-8-11/h4-8H,3,9-10H2,1-2H3. The Morgan fingerprint density at radius 2 is 1.93 bits per heavy atom. The van der Waals surface area contributed by atoms with Crippen molar-refractivity contribution in [2.24, 2.45) is 0 Å². The molecule has 0 amide bonds. The average Bonchev–Trinajstić information content (AvgIpc) is 2.19. The van der Waals surface area contributed by atoms with Crippen LogP contribution in [0.25, 0.3) is 0 Å². The smallest absolute Gasteiger partial charge is 0.151 e. The Balaban J connectivity index is 2.42. The van der Waals surface area contributed by atoms with E-state index in [4.69, 9.17) is 0 Å². The zero-order valence-electron chi connectivity index (χ0n) is 8.86. The number of nitrogens with zero attached hydrogens (tertiary/aromatic N) is 1. The lowest BCUT2D eigenvalue weighted by molar-refractivity contribution is -0.119. The number of Topliss-reactive ketones (excluding diaryl/α,β-unsaturated/α-hetero) is 1. The molecule has 2 nitrogen and oxygen atoms in total. The highest BCUT2D eigenvalue weighted by atomic mass is 16.1. The fraction of sp³-hybridized carbons (Fsp3) is 0.417. The largest absolute Gasteiger partial charge is 0.299 e. The van der Waals surface area contributed by atoms with E-state index in [0.29, 0.717) is 13.0 Å². The van der Waals surface area contributed by atoms with Gasteiger partial charge in [0, 0.05) is 6.42 Å². The van der Waals surface area contributed by atoms with Crippen LogP contribution in [0.1, 0.15) is 12.5 Å². The van der Waals surface area contributed by atoms with Gasteiger partial charge in [0.15, 0.2) is 5.78 Å². The molecular formula is C12H17NO. The molecule has 0 bridgehead atoms. The van der Waals surface area contributed by atoms with Crippen molar-refractivity contribution in [2.75, 3.05) is 20.1 Å². The second-order valence-corrected chi connectivity index (χ2v) is 3.53.